The fourth-order valence-corrected chi connectivity index (χ4v) is 1.13. The number of nitriles is 1. The number of ether oxygens (including phenoxy) is 1. The lowest BCUT2D eigenvalue weighted by atomic mass is 10.0. The van der Waals surface area contributed by atoms with Crippen LogP contribution in [0.2, 0.25) is 0 Å². The molecule has 1 aromatic carbocycles. The van der Waals surface area contributed by atoms with Crippen LogP contribution in [0.5, 0.6) is 5.75 Å². The van der Waals surface area contributed by atoms with Crippen molar-refractivity contribution in [1.82, 2.24) is 0 Å². The fourth-order valence-electron chi connectivity index (χ4n) is 1.13. The fraction of sp³-hybridized carbons (Fsp3) is 0.200. The zero-order chi connectivity index (χ0) is 11.4. The van der Waals surface area contributed by atoms with E-state index >= 15 is 0 Å². The summed E-state index contributed by atoms with van der Waals surface area (Å²) in [5.41, 5.74) is -0.0825. The highest BCUT2D eigenvalue weighted by Gasteiger charge is 2.15. The maximum atomic E-state index is 12.0. The first-order valence-corrected chi connectivity index (χ1v) is 4.05. The Balaban J connectivity index is 3.24. The molecule has 0 aliphatic carbocycles. The van der Waals surface area contributed by atoms with Gasteiger partial charge in [0, 0.05) is 5.56 Å². The molecule has 0 N–H and O–H groups in total. The number of carbonyl (C=O) groups is 1. The van der Waals surface area contributed by atoms with Crippen LogP contribution in [0.15, 0.2) is 18.2 Å². The van der Waals surface area contributed by atoms with Crippen molar-refractivity contribution in [2.24, 2.45) is 0 Å². The average molecular weight is 211 g/mol. The lowest BCUT2D eigenvalue weighted by Crippen LogP contribution is -2.06. The zero-order valence-electron chi connectivity index (χ0n) is 7.83. The van der Waals surface area contributed by atoms with E-state index < -0.39 is 6.61 Å². The van der Waals surface area contributed by atoms with Crippen molar-refractivity contribution in [2.45, 2.75) is 13.5 Å². The molecule has 3 nitrogen and oxygen atoms in total. The van der Waals surface area contributed by atoms with Crippen molar-refractivity contribution < 1.29 is 18.3 Å². The highest BCUT2D eigenvalue weighted by Crippen LogP contribution is 2.23. The molecule has 0 saturated carbocycles. The van der Waals surface area contributed by atoms with Crippen molar-refractivity contribution in [3.8, 4) is 11.8 Å². The van der Waals surface area contributed by atoms with Crippen LogP contribution in [0.3, 0.4) is 0 Å². The van der Waals surface area contributed by atoms with Crippen LogP contribution < -0.4 is 4.74 Å². The van der Waals surface area contributed by atoms with E-state index in [1.54, 1.807) is 6.07 Å². The smallest absolute Gasteiger partial charge is 0.387 e. The van der Waals surface area contributed by atoms with Crippen LogP contribution in [0.4, 0.5) is 8.78 Å². The minimum atomic E-state index is -3.01. The molecule has 0 heterocycles. The molecule has 0 unspecified atom stereocenters. The van der Waals surface area contributed by atoms with E-state index in [-0.39, 0.29) is 22.7 Å². The third kappa shape index (κ3) is 2.50. The van der Waals surface area contributed by atoms with Gasteiger partial charge in [0.15, 0.2) is 5.78 Å². The van der Waals surface area contributed by atoms with Crippen molar-refractivity contribution >= 4 is 5.78 Å². The molecule has 78 valence electrons. The Bertz CT molecular complexity index is 424. The van der Waals surface area contributed by atoms with Gasteiger partial charge in [0.1, 0.15) is 17.4 Å². The van der Waals surface area contributed by atoms with Gasteiger partial charge in [-0.3, -0.25) is 4.79 Å². The molecular weight excluding hydrogens is 204 g/mol. The molecule has 0 aromatic heterocycles. The van der Waals surface area contributed by atoms with Gasteiger partial charge in [0.05, 0.1) is 0 Å². The molecular formula is C10H7F2NO2. The molecule has 0 saturated heterocycles. The van der Waals surface area contributed by atoms with Crippen LogP contribution in [0.1, 0.15) is 22.8 Å². The molecule has 0 fully saturated rings. The number of Topliss-reactive ketones (excluding diaryl/α,β-unsaturated/α-hetero) is 1. The van der Waals surface area contributed by atoms with E-state index in [4.69, 9.17) is 5.26 Å². The van der Waals surface area contributed by atoms with Crippen molar-refractivity contribution in [1.29, 1.82) is 5.26 Å². The van der Waals surface area contributed by atoms with Gasteiger partial charge in [-0.2, -0.15) is 14.0 Å². The second-order valence-electron chi connectivity index (χ2n) is 2.73. The number of carbonyl (C=O) groups excluding carboxylic acids is 1. The van der Waals surface area contributed by atoms with E-state index in [0.717, 1.165) is 0 Å². The Labute approximate surface area is 84.9 Å². The number of hydrogen-bond donors (Lipinski definition) is 0. The first-order chi connectivity index (χ1) is 7.06. The quantitative estimate of drug-likeness (QED) is 0.721. The number of nitrogens with zero attached hydrogens (tertiary/aromatic N) is 1. The summed E-state index contributed by atoms with van der Waals surface area (Å²) in [6.45, 7) is -1.76. The van der Waals surface area contributed by atoms with E-state index in [1.165, 1.54) is 25.1 Å². The number of benzene rings is 1. The number of rotatable bonds is 3. The van der Waals surface area contributed by atoms with Crippen molar-refractivity contribution in [3.05, 3.63) is 29.3 Å². The predicted octanol–water partition coefficient (Wildman–Crippen LogP) is 2.36. The van der Waals surface area contributed by atoms with E-state index in [2.05, 4.69) is 4.74 Å². The van der Waals surface area contributed by atoms with Gasteiger partial charge in [-0.25, -0.2) is 0 Å². The van der Waals surface area contributed by atoms with Crippen molar-refractivity contribution in [2.75, 3.05) is 0 Å². The lowest BCUT2D eigenvalue weighted by Gasteiger charge is -2.07. The van der Waals surface area contributed by atoms with Crippen LogP contribution in [-0.2, 0) is 0 Å². The standard InChI is InChI=1S/C10H7F2NO2/c1-6(14)7-3-2-4-9(8(7)5-13)15-10(11)12/h2-4,10H,1H3. The second-order valence-corrected chi connectivity index (χ2v) is 2.73. The van der Waals surface area contributed by atoms with E-state index in [0.29, 0.717) is 0 Å². The first-order valence-electron chi connectivity index (χ1n) is 4.05. The molecule has 0 spiro atoms. The summed E-state index contributed by atoms with van der Waals surface area (Å²) < 4.78 is 28.0. The summed E-state index contributed by atoms with van der Waals surface area (Å²) in [5, 5.41) is 8.73. The maximum absolute atomic E-state index is 12.0. The molecule has 0 atom stereocenters. The number of ketones is 1. The van der Waals surface area contributed by atoms with Crippen molar-refractivity contribution in [3.63, 3.8) is 0 Å². The molecule has 15 heavy (non-hydrogen) atoms. The summed E-state index contributed by atoms with van der Waals surface area (Å²) in [6.07, 6.45) is 0. The molecule has 0 aliphatic heterocycles. The minimum absolute atomic E-state index is 0.0793. The highest BCUT2D eigenvalue weighted by atomic mass is 19.3. The molecule has 1 aromatic rings. The number of halogens is 2. The normalized spacial score (nSPS) is 9.80. The third-order valence-electron chi connectivity index (χ3n) is 1.73. The van der Waals surface area contributed by atoms with Gasteiger partial charge in [-0.05, 0) is 19.1 Å². The lowest BCUT2D eigenvalue weighted by molar-refractivity contribution is -0.0500. The van der Waals surface area contributed by atoms with Gasteiger partial charge in [-0.15, -0.1) is 0 Å². The predicted molar refractivity (Wildman–Crippen MR) is 47.8 cm³/mol. The monoisotopic (exact) mass is 211 g/mol. The Kier molecular flexibility index (Phi) is 3.34. The minimum Gasteiger partial charge on any atom is -0.433 e. The third-order valence-corrected chi connectivity index (χ3v) is 1.73. The Hall–Kier alpha value is -1.96. The molecule has 0 bridgehead atoms. The second kappa shape index (κ2) is 4.51. The van der Waals surface area contributed by atoms with Gasteiger partial charge < -0.3 is 4.74 Å². The largest absolute Gasteiger partial charge is 0.433 e. The average Bonchev–Trinajstić information content (AvgIpc) is 2.16. The van der Waals surface area contributed by atoms with Crippen LogP contribution >= 0.6 is 0 Å². The highest BCUT2D eigenvalue weighted by molar-refractivity contribution is 5.97. The SMILES string of the molecule is CC(=O)c1cccc(OC(F)F)c1C#N. The number of hydrogen-bond acceptors (Lipinski definition) is 3. The van der Waals surface area contributed by atoms with E-state index in [1.807, 2.05) is 0 Å². The molecule has 0 radical (unpaired) electrons. The first kappa shape index (κ1) is 11.1. The van der Waals surface area contributed by atoms with E-state index in [9.17, 15) is 13.6 Å². The van der Waals surface area contributed by atoms with Gasteiger partial charge in [-0.1, -0.05) is 6.07 Å². The van der Waals surface area contributed by atoms with Gasteiger partial charge >= 0.3 is 6.61 Å². The Morgan fingerprint density at radius 1 is 1.53 bits per heavy atom. The molecule has 1 rings (SSSR count). The molecule has 0 amide bonds. The number of alkyl halides is 2. The topological polar surface area (TPSA) is 50.1 Å². The van der Waals surface area contributed by atoms with Gasteiger partial charge in [0.2, 0.25) is 0 Å². The molecule has 0 aliphatic rings. The maximum Gasteiger partial charge on any atom is 0.387 e. The van der Waals surface area contributed by atoms with Crippen LogP contribution in [0.25, 0.3) is 0 Å². The summed E-state index contributed by atoms with van der Waals surface area (Å²) in [6, 6.07) is 5.66. The zero-order valence-corrected chi connectivity index (χ0v) is 7.83. The van der Waals surface area contributed by atoms with Gasteiger partial charge in [0.25, 0.3) is 0 Å². The van der Waals surface area contributed by atoms with Crippen LogP contribution in [-0.4, -0.2) is 12.4 Å². The summed E-state index contributed by atoms with van der Waals surface area (Å²) in [5.74, 6) is -0.647. The Morgan fingerprint density at radius 2 is 2.20 bits per heavy atom. The summed E-state index contributed by atoms with van der Waals surface area (Å²) in [4.78, 5) is 11.1. The molecule has 5 heteroatoms. The van der Waals surface area contributed by atoms with Crippen LogP contribution in [0, 0.1) is 11.3 Å². The summed E-state index contributed by atoms with van der Waals surface area (Å²) >= 11 is 0. The Morgan fingerprint density at radius 3 is 2.67 bits per heavy atom. The summed E-state index contributed by atoms with van der Waals surface area (Å²) in [7, 11) is 0.